The van der Waals surface area contributed by atoms with Gasteiger partial charge in [0.15, 0.2) is 0 Å². The molecule has 233 valence electrons. The molecule has 0 aliphatic carbocycles. The molecule has 9 aromatic rings. The van der Waals surface area contributed by atoms with Crippen molar-refractivity contribution < 1.29 is 24.5 Å². The van der Waals surface area contributed by atoms with Crippen molar-refractivity contribution in [3.63, 3.8) is 0 Å². The maximum absolute atomic E-state index is 6.50. The zero-order chi connectivity index (χ0) is 31.7. The van der Waals surface area contributed by atoms with E-state index in [4.69, 9.17) is 14.4 Å². The Hall–Kier alpha value is -5.55. The fraction of sp³-hybridized carbons (Fsp3) is 0.0476. The summed E-state index contributed by atoms with van der Waals surface area (Å²) in [6.45, 7) is 4.09. The molecule has 0 amide bonds. The van der Waals surface area contributed by atoms with Gasteiger partial charge >= 0.3 is 0 Å². The Kier molecular flexibility index (Phi) is 8.60. The molecule has 0 aliphatic heterocycles. The minimum absolute atomic E-state index is 0. The van der Waals surface area contributed by atoms with Gasteiger partial charge < -0.3 is 14.4 Å². The van der Waals surface area contributed by atoms with Gasteiger partial charge in [0.25, 0.3) is 0 Å². The van der Waals surface area contributed by atoms with Crippen LogP contribution in [-0.2, 0) is 20.1 Å². The maximum atomic E-state index is 6.50. The molecule has 5 heterocycles. The predicted octanol–water partition coefficient (Wildman–Crippen LogP) is 10.4. The van der Waals surface area contributed by atoms with E-state index in [0.717, 1.165) is 88.6 Å². The molecule has 0 aliphatic rings. The van der Waals surface area contributed by atoms with Crippen LogP contribution in [0.3, 0.4) is 0 Å². The van der Waals surface area contributed by atoms with E-state index in [2.05, 4.69) is 83.6 Å². The maximum Gasteiger partial charge on any atom is 0.147 e. The van der Waals surface area contributed by atoms with Crippen LogP contribution in [0.4, 0.5) is 0 Å². The third-order valence-corrected chi connectivity index (χ3v) is 8.32. The van der Waals surface area contributed by atoms with E-state index >= 15 is 0 Å². The van der Waals surface area contributed by atoms with Crippen molar-refractivity contribution in [2.24, 2.45) is 0 Å². The molecular weight excluding hydrogens is 769 g/mol. The zero-order valence-electron chi connectivity index (χ0n) is 26.2. The van der Waals surface area contributed by atoms with E-state index in [1.165, 1.54) is 0 Å². The topological polar surface area (TPSA) is 64.7 Å². The second kappa shape index (κ2) is 13.3. The van der Waals surface area contributed by atoms with E-state index < -0.39 is 0 Å². The summed E-state index contributed by atoms with van der Waals surface area (Å²) in [5, 5.41) is 4.27. The van der Waals surface area contributed by atoms with Gasteiger partial charge in [-0.3, -0.25) is 4.98 Å². The molecule has 0 fully saturated rings. The molecule has 5 aromatic heterocycles. The van der Waals surface area contributed by atoms with Crippen LogP contribution in [0.15, 0.2) is 138 Å². The number of pyridine rings is 4. The summed E-state index contributed by atoms with van der Waals surface area (Å²) in [7, 11) is 0. The number of aryl methyl sites for hydroxylation is 2. The number of benzene rings is 4. The number of rotatable bonds is 3. The van der Waals surface area contributed by atoms with E-state index in [9.17, 15) is 0 Å². The quantitative estimate of drug-likeness (QED) is 0.167. The molecule has 0 spiro atoms. The van der Waals surface area contributed by atoms with Crippen molar-refractivity contribution in [2.45, 2.75) is 13.8 Å². The minimum atomic E-state index is 0. The van der Waals surface area contributed by atoms with Crippen molar-refractivity contribution in [2.75, 3.05) is 0 Å². The van der Waals surface area contributed by atoms with Gasteiger partial charge in [-0.1, -0.05) is 59.5 Å². The molecule has 1 radical (unpaired) electrons. The largest absolute Gasteiger partial charge is 0.498 e. The average molecular weight is 797 g/mol. The predicted molar refractivity (Wildman–Crippen MR) is 190 cm³/mol. The first-order valence-electron chi connectivity index (χ1n) is 15.5. The van der Waals surface area contributed by atoms with Crippen molar-refractivity contribution in [3.05, 3.63) is 157 Å². The number of fused-ring (bicyclic) bond motifs is 6. The second-order valence-corrected chi connectivity index (χ2v) is 11.5. The van der Waals surface area contributed by atoms with Crippen molar-refractivity contribution in [3.8, 4) is 33.6 Å². The number of furan rings is 1. The molecule has 0 saturated carbocycles. The molecule has 0 saturated heterocycles. The van der Waals surface area contributed by atoms with Gasteiger partial charge in [0, 0.05) is 60.5 Å². The molecule has 0 bridgehead atoms. The molecule has 0 unspecified atom stereocenters. The van der Waals surface area contributed by atoms with Gasteiger partial charge in [0.05, 0.1) is 11.1 Å². The second-order valence-electron chi connectivity index (χ2n) is 11.5. The van der Waals surface area contributed by atoms with Crippen molar-refractivity contribution in [1.29, 1.82) is 0 Å². The molecule has 9 rings (SSSR count). The Labute approximate surface area is 291 Å². The summed E-state index contributed by atoms with van der Waals surface area (Å²) in [6, 6.07) is 45.1. The zero-order valence-corrected chi connectivity index (χ0v) is 28.6. The third-order valence-electron chi connectivity index (χ3n) is 8.32. The smallest absolute Gasteiger partial charge is 0.147 e. The third kappa shape index (κ3) is 5.88. The Bertz CT molecular complexity index is 2510. The van der Waals surface area contributed by atoms with Gasteiger partial charge in [-0.25, -0.2) is 4.98 Å². The Balaban J connectivity index is 0.000000237. The Morgan fingerprint density at radius 3 is 2.33 bits per heavy atom. The Morgan fingerprint density at radius 2 is 1.48 bits per heavy atom. The van der Waals surface area contributed by atoms with E-state index in [0.29, 0.717) is 0 Å². The van der Waals surface area contributed by atoms with Gasteiger partial charge in [-0.15, -0.1) is 54.1 Å². The minimum Gasteiger partial charge on any atom is -0.498 e. The molecule has 6 heteroatoms. The first kappa shape index (κ1) is 31.1. The number of hydrogen-bond acceptors (Lipinski definition) is 5. The van der Waals surface area contributed by atoms with Crippen LogP contribution in [0.25, 0.3) is 77.4 Å². The molecule has 48 heavy (non-hydrogen) atoms. The fourth-order valence-electron chi connectivity index (χ4n) is 5.96. The van der Waals surface area contributed by atoms with Gasteiger partial charge in [0.2, 0.25) is 0 Å². The van der Waals surface area contributed by atoms with Gasteiger partial charge in [0.1, 0.15) is 11.1 Å². The molecule has 0 N–H and O–H groups in total. The number of aromatic nitrogens is 4. The summed E-state index contributed by atoms with van der Waals surface area (Å²) in [5.74, 6) is 0. The summed E-state index contributed by atoms with van der Waals surface area (Å²) >= 11 is 0. The molecule has 5 nitrogen and oxygen atoms in total. The molecule has 4 aromatic carbocycles. The SMILES string of the molecule is Cc1ccc2ccc3c4cc[c-]c(-c5cc(-c6ccc7ncccc7c6)c(C)cn5)c4oc3c2n1.[Ir].[c-]1ccccc1-c1ccccn1. The van der Waals surface area contributed by atoms with E-state index in [-0.39, 0.29) is 20.1 Å². The molecular formula is C42H28IrN4O-2. The standard InChI is InChI=1S/C31H20N3O.C11H8N.Ir/c1-18-17-33-28(16-26(18)21-11-13-27-22(15-21)5-4-14-32-27)25-7-3-6-23-24-12-10-20-9-8-19(2)34-29(20)31(24)35-30(23)25;1-2-6-10(7-3-1)11-8-4-5-9-12-11;/h3-6,8-17H,1-2H3;1-6,8-9H;/q2*-1;. The van der Waals surface area contributed by atoms with Crippen molar-refractivity contribution in [1.82, 2.24) is 19.9 Å². The number of hydrogen-bond donors (Lipinski definition) is 0. The van der Waals surface area contributed by atoms with E-state index in [1.807, 2.05) is 80.0 Å². The number of nitrogens with zero attached hydrogens (tertiary/aromatic N) is 4. The normalized spacial score (nSPS) is 11.0. The van der Waals surface area contributed by atoms with Crippen LogP contribution in [0.1, 0.15) is 11.3 Å². The van der Waals surface area contributed by atoms with Gasteiger partial charge in [-0.2, -0.15) is 0 Å². The molecule has 0 atom stereocenters. The van der Waals surface area contributed by atoms with Crippen LogP contribution in [0.5, 0.6) is 0 Å². The first-order chi connectivity index (χ1) is 23.1. The summed E-state index contributed by atoms with van der Waals surface area (Å²) in [4.78, 5) is 18.2. The Morgan fingerprint density at radius 1 is 0.625 bits per heavy atom. The van der Waals surface area contributed by atoms with E-state index in [1.54, 1.807) is 6.20 Å². The monoisotopic (exact) mass is 797 g/mol. The van der Waals surface area contributed by atoms with Crippen LogP contribution in [-0.4, -0.2) is 19.9 Å². The summed E-state index contributed by atoms with van der Waals surface area (Å²) in [6.07, 6.45) is 5.53. The van der Waals surface area contributed by atoms with Crippen LogP contribution >= 0.6 is 0 Å². The summed E-state index contributed by atoms with van der Waals surface area (Å²) in [5.41, 5.74) is 11.5. The fourth-order valence-corrected chi connectivity index (χ4v) is 5.96. The van der Waals surface area contributed by atoms with Crippen LogP contribution < -0.4 is 0 Å². The first-order valence-corrected chi connectivity index (χ1v) is 15.5. The van der Waals surface area contributed by atoms with Gasteiger partial charge in [-0.05, 0) is 72.3 Å². The summed E-state index contributed by atoms with van der Waals surface area (Å²) < 4.78 is 6.50. The van der Waals surface area contributed by atoms with Crippen LogP contribution in [0.2, 0.25) is 0 Å². The van der Waals surface area contributed by atoms with Crippen LogP contribution in [0, 0.1) is 26.0 Å². The average Bonchev–Trinajstić information content (AvgIpc) is 3.52. The van der Waals surface area contributed by atoms with Crippen molar-refractivity contribution >= 4 is 43.7 Å².